The Morgan fingerprint density at radius 3 is 2.73 bits per heavy atom. The Labute approximate surface area is 132 Å². The van der Waals surface area contributed by atoms with Crippen molar-refractivity contribution < 1.29 is 4.74 Å². The first-order valence-corrected chi connectivity index (χ1v) is 8.24. The molecule has 0 bridgehead atoms. The number of morpholine rings is 1. The average Bonchev–Trinajstić information content (AvgIpc) is 2.88. The molecule has 3 rings (SSSR count). The minimum atomic E-state index is 0.495. The minimum absolute atomic E-state index is 0.495. The first-order chi connectivity index (χ1) is 10.8. The number of rotatable bonds is 5. The number of hydrogen-bond acceptors (Lipinski definition) is 6. The zero-order valence-electron chi connectivity index (χ0n) is 13.5. The lowest BCUT2D eigenvalue weighted by molar-refractivity contribution is 0.122. The van der Waals surface area contributed by atoms with E-state index in [0.29, 0.717) is 18.0 Å². The number of ether oxygens (including phenoxy) is 1. The molecule has 6 nitrogen and oxygen atoms in total. The predicted octanol–water partition coefficient (Wildman–Crippen LogP) is 0.509. The van der Waals surface area contributed by atoms with Crippen LogP contribution in [0.15, 0.2) is 18.3 Å². The summed E-state index contributed by atoms with van der Waals surface area (Å²) < 4.78 is 5.43. The lowest BCUT2D eigenvalue weighted by Crippen LogP contribution is -2.38. The van der Waals surface area contributed by atoms with E-state index >= 15 is 0 Å². The predicted molar refractivity (Wildman–Crippen MR) is 87.7 cm³/mol. The molecule has 122 valence electrons. The fourth-order valence-electron chi connectivity index (χ4n) is 3.27. The molecule has 0 aliphatic carbocycles. The van der Waals surface area contributed by atoms with Crippen molar-refractivity contribution in [2.24, 2.45) is 5.92 Å². The second-order valence-electron chi connectivity index (χ2n) is 6.25. The van der Waals surface area contributed by atoms with E-state index < -0.39 is 0 Å². The molecule has 0 aromatic carbocycles. The van der Waals surface area contributed by atoms with E-state index in [1.165, 1.54) is 5.56 Å². The molecule has 0 spiro atoms. The quantitative estimate of drug-likeness (QED) is 0.737. The molecule has 1 aromatic rings. The van der Waals surface area contributed by atoms with Gasteiger partial charge in [-0.15, -0.1) is 0 Å². The number of pyridine rings is 1. The molecule has 0 saturated carbocycles. The highest BCUT2D eigenvalue weighted by Crippen LogP contribution is 2.19. The van der Waals surface area contributed by atoms with Gasteiger partial charge < -0.3 is 15.0 Å². The third-order valence-corrected chi connectivity index (χ3v) is 4.70. The Hall–Kier alpha value is -1.21. The van der Waals surface area contributed by atoms with Crippen molar-refractivity contribution in [3.8, 4) is 0 Å². The Morgan fingerprint density at radius 1 is 1.27 bits per heavy atom. The van der Waals surface area contributed by atoms with E-state index in [9.17, 15) is 0 Å². The standard InChI is InChI=1S/C16H27N5O/c1-12-15(13(2)20-19-12)11-17-10-14-4-3-5-18-16(14)21-6-8-22-9-7-21/h3-5,12-13,15,17,19-20H,6-11H2,1-2H3. The van der Waals surface area contributed by atoms with Crippen LogP contribution in [-0.2, 0) is 11.3 Å². The lowest BCUT2D eigenvalue weighted by Gasteiger charge is -2.29. The minimum Gasteiger partial charge on any atom is -0.378 e. The maximum atomic E-state index is 5.43. The molecular formula is C16H27N5O. The number of anilines is 1. The van der Waals surface area contributed by atoms with Gasteiger partial charge in [0.2, 0.25) is 0 Å². The number of hydrogen-bond donors (Lipinski definition) is 3. The van der Waals surface area contributed by atoms with Crippen LogP contribution in [0.3, 0.4) is 0 Å². The van der Waals surface area contributed by atoms with E-state index in [-0.39, 0.29) is 0 Å². The van der Waals surface area contributed by atoms with Gasteiger partial charge in [-0.2, -0.15) is 0 Å². The third-order valence-electron chi connectivity index (χ3n) is 4.70. The first-order valence-electron chi connectivity index (χ1n) is 8.24. The Kier molecular flexibility index (Phi) is 5.25. The van der Waals surface area contributed by atoms with Gasteiger partial charge in [0.1, 0.15) is 5.82 Å². The molecule has 1 aromatic heterocycles. The van der Waals surface area contributed by atoms with Gasteiger partial charge in [0, 0.05) is 55.9 Å². The summed E-state index contributed by atoms with van der Waals surface area (Å²) in [7, 11) is 0. The molecule has 3 heterocycles. The molecular weight excluding hydrogens is 278 g/mol. The third kappa shape index (κ3) is 3.57. The van der Waals surface area contributed by atoms with Crippen molar-refractivity contribution >= 4 is 5.82 Å². The second kappa shape index (κ2) is 7.37. The Bertz CT molecular complexity index is 467. The zero-order valence-corrected chi connectivity index (χ0v) is 13.5. The summed E-state index contributed by atoms with van der Waals surface area (Å²) in [6.07, 6.45) is 1.88. The fourth-order valence-corrected chi connectivity index (χ4v) is 3.27. The van der Waals surface area contributed by atoms with Crippen molar-refractivity contribution in [1.29, 1.82) is 0 Å². The number of hydrazine groups is 1. The van der Waals surface area contributed by atoms with Gasteiger partial charge in [0.15, 0.2) is 0 Å². The summed E-state index contributed by atoms with van der Waals surface area (Å²) in [6, 6.07) is 5.18. The molecule has 6 heteroatoms. The van der Waals surface area contributed by atoms with Gasteiger partial charge in [0.25, 0.3) is 0 Å². The molecule has 2 unspecified atom stereocenters. The van der Waals surface area contributed by atoms with Crippen LogP contribution >= 0.6 is 0 Å². The number of nitrogens with one attached hydrogen (secondary N) is 3. The van der Waals surface area contributed by atoms with Gasteiger partial charge in [-0.1, -0.05) is 6.07 Å². The van der Waals surface area contributed by atoms with Crippen molar-refractivity contribution in [2.45, 2.75) is 32.5 Å². The SMILES string of the molecule is CC1NNC(C)C1CNCc1cccnc1N1CCOCC1. The number of aromatic nitrogens is 1. The molecule has 0 radical (unpaired) electrons. The summed E-state index contributed by atoms with van der Waals surface area (Å²) in [4.78, 5) is 6.91. The van der Waals surface area contributed by atoms with Crippen LogP contribution in [0.2, 0.25) is 0 Å². The van der Waals surface area contributed by atoms with Crippen LogP contribution in [0.4, 0.5) is 5.82 Å². The highest BCUT2D eigenvalue weighted by Gasteiger charge is 2.29. The van der Waals surface area contributed by atoms with E-state index in [1.807, 2.05) is 12.3 Å². The monoisotopic (exact) mass is 305 g/mol. The van der Waals surface area contributed by atoms with Gasteiger partial charge in [-0.05, 0) is 19.9 Å². The van der Waals surface area contributed by atoms with Crippen LogP contribution in [-0.4, -0.2) is 49.9 Å². The topological polar surface area (TPSA) is 61.5 Å². The van der Waals surface area contributed by atoms with Crippen molar-refractivity contribution in [1.82, 2.24) is 21.2 Å². The highest BCUT2D eigenvalue weighted by atomic mass is 16.5. The van der Waals surface area contributed by atoms with Gasteiger partial charge in [0.05, 0.1) is 13.2 Å². The van der Waals surface area contributed by atoms with E-state index in [4.69, 9.17) is 4.74 Å². The summed E-state index contributed by atoms with van der Waals surface area (Å²) in [6.45, 7) is 9.74. The van der Waals surface area contributed by atoms with Crippen LogP contribution < -0.4 is 21.1 Å². The van der Waals surface area contributed by atoms with Crippen molar-refractivity contribution in [2.75, 3.05) is 37.7 Å². The normalized spacial score (nSPS) is 29.0. The summed E-state index contributed by atoms with van der Waals surface area (Å²) in [5.74, 6) is 1.70. The fraction of sp³-hybridized carbons (Fsp3) is 0.688. The highest BCUT2D eigenvalue weighted by molar-refractivity contribution is 5.46. The van der Waals surface area contributed by atoms with Gasteiger partial charge in [-0.3, -0.25) is 10.9 Å². The second-order valence-corrected chi connectivity index (χ2v) is 6.25. The smallest absolute Gasteiger partial charge is 0.133 e. The maximum Gasteiger partial charge on any atom is 0.133 e. The molecule has 0 amide bonds. The van der Waals surface area contributed by atoms with E-state index in [2.05, 4.69) is 46.0 Å². The Morgan fingerprint density at radius 2 is 2.00 bits per heavy atom. The summed E-state index contributed by atoms with van der Waals surface area (Å²) >= 11 is 0. The summed E-state index contributed by atoms with van der Waals surface area (Å²) in [5, 5.41) is 3.61. The Balaban J connectivity index is 1.58. The van der Waals surface area contributed by atoms with Crippen LogP contribution in [0, 0.1) is 5.92 Å². The molecule has 22 heavy (non-hydrogen) atoms. The van der Waals surface area contributed by atoms with Crippen molar-refractivity contribution in [3.05, 3.63) is 23.9 Å². The van der Waals surface area contributed by atoms with Crippen LogP contribution in [0.5, 0.6) is 0 Å². The van der Waals surface area contributed by atoms with Gasteiger partial charge >= 0.3 is 0 Å². The average molecular weight is 305 g/mol. The molecule has 2 saturated heterocycles. The summed E-state index contributed by atoms with van der Waals surface area (Å²) in [5.41, 5.74) is 7.88. The number of nitrogens with zero attached hydrogens (tertiary/aromatic N) is 2. The van der Waals surface area contributed by atoms with Crippen molar-refractivity contribution in [3.63, 3.8) is 0 Å². The molecule has 2 atom stereocenters. The van der Waals surface area contributed by atoms with Crippen LogP contribution in [0.25, 0.3) is 0 Å². The first kappa shape index (κ1) is 15.7. The molecule has 3 N–H and O–H groups in total. The largest absolute Gasteiger partial charge is 0.378 e. The van der Waals surface area contributed by atoms with Gasteiger partial charge in [-0.25, -0.2) is 4.98 Å². The van der Waals surface area contributed by atoms with Crippen LogP contribution in [0.1, 0.15) is 19.4 Å². The maximum absolute atomic E-state index is 5.43. The van der Waals surface area contributed by atoms with E-state index in [1.54, 1.807) is 0 Å². The van der Waals surface area contributed by atoms with E-state index in [0.717, 1.165) is 45.2 Å². The lowest BCUT2D eigenvalue weighted by atomic mass is 9.97. The molecule has 2 aliphatic rings. The molecule has 2 fully saturated rings. The zero-order chi connectivity index (χ0) is 15.4. The molecule has 2 aliphatic heterocycles.